The van der Waals surface area contributed by atoms with Gasteiger partial charge in [-0.25, -0.2) is 4.79 Å². The first-order valence-electron chi connectivity index (χ1n) is 11.5. The second-order valence-electron chi connectivity index (χ2n) is 8.23. The van der Waals surface area contributed by atoms with Crippen LogP contribution in [0.15, 0.2) is 35.3 Å². The maximum Gasteiger partial charge on any atom is 0.326 e. The molecule has 1 rings (SSSR count). The molecule has 0 aliphatic heterocycles. The van der Waals surface area contributed by atoms with Crippen LogP contribution in [0.25, 0.3) is 0 Å². The summed E-state index contributed by atoms with van der Waals surface area (Å²) in [5.41, 5.74) is 17.0. The van der Waals surface area contributed by atoms with Crippen molar-refractivity contribution in [1.29, 1.82) is 0 Å². The number of carboxylic acid groups (broad SMARTS) is 1. The van der Waals surface area contributed by atoms with Gasteiger partial charge in [0.1, 0.15) is 18.1 Å². The number of hydrogen-bond donors (Lipinski definition) is 7. The molecule has 0 fully saturated rings. The molecule has 0 spiro atoms. The van der Waals surface area contributed by atoms with Gasteiger partial charge in [-0.2, -0.15) is 11.8 Å². The molecule has 36 heavy (non-hydrogen) atoms. The van der Waals surface area contributed by atoms with Crippen molar-refractivity contribution in [3.8, 4) is 0 Å². The van der Waals surface area contributed by atoms with Gasteiger partial charge in [0, 0.05) is 13.0 Å². The fourth-order valence-electron chi connectivity index (χ4n) is 3.17. The summed E-state index contributed by atoms with van der Waals surface area (Å²) >= 11 is 1.47. The number of guanidine groups is 1. The summed E-state index contributed by atoms with van der Waals surface area (Å²) in [5.74, 6) is -2.50. The van der Waals surface area contributed by atoms with Gasteiger partial charge in [-0.1, -0.05) is 30.3 Å². The molecule has 12 nitrogen and oxygen atoms in total. The molecule has 0 saturated heterocycles. The fourth-order valence-corrected chi connectivity index (χ4v) is 3.64. The van der Waals surface area contributed by atoms with Crippen LogP contribution in [0, 0.1) is 0 Å². The highest BCUT2D eigenvalue weighted by Gasteiger charge is 2.29. The number of aliphatic imine (C=N–C) groups is 1. The van der Waals surface area contributed by atoms with E-state index in [9.17, 15) is 24.3 Å². The maximum absolute atomic E-state index is 13.2. The molecule has 0 aliphatic rings. The molecule has 200 valence electrons. The Morgan fingerprint density at radius 3 is 2.08 bits per heavy atom. The lowest BCUT2D eigenvalue weighted by atomic mass is 10.0. The summed E-state index contributed by atoms with van der Waals surface area (Å²) < 4.78 is 0. The Labute approximate surface area is 215 Å². The zero-order valence-corrected chi connectivity index (χ0v) is 21.4. The maximum atomic E-state index is 13.2. The highest BCUT2D eigenvalue weighted by atomic mass is 32.2. The molecule has 0 saturated carbocycles. The predicted molar refractivity (Wildman–Crippen MR) is 140 cm³/mol. The highest BCUT2D eigenvalue weighted by Crippen LogP contribution is 2.08. The Bertz CT molecular complexity index is 894. The molecule has 10 N–H and O–H groups in total. The van der Waals surface area contributed by atoms with Crippen LogP contribution in [0.1, 0.15) is 31.7 Å². The Kier molecular flexibility index (Phi) is 14.0. The van der Waals surface area contributed by atoms with Gasteiger partial charge in [0.15, 0.2) is 5.96 Å². The third-order valence-electron chi connectivity index (χ3n) is 5.13. The van der Waals surface area contributed by atoms with E-state index in [4.69, 9.17) is 17.2 Å². The minimum atomic E-state index is -1.21. The monoisotopic (exact) mass is 523 g/mol. The molecule has 13 heteroatoms. The number of nitrogens with two attached hydrogens (primary N) is 3. The van der Waals surface area contributed by atoms with E-state index in [-0.39, 0.29) is 31.8 Å². The van der Waals surface area contributed by atoms with Gasteiger partial charge in [0.05, 0.1) is 6.04 Å². The number of amides is 3. The summed E-state index contributed by atoms with van der Waals surface area (Å²) in [6.07, 6.45) is 2.73. The zero-order chi connectivity index (χ0) is 27.1. The molecule has 0 aromatic heterocycles. The van der Waals surface area contributed by atoms with Crippen LogP contribution < -0.4 is 33.2 Å². The Balaban J connectivity index is 2.97. The number of carbonyl (C=O) groups excluding carboxylic acids is 3. The zero-order valence-electron chi connectivity index (χ0n) is 20.6. The Hall–Kier alpha value is -3.32. The number of nitrogens with zero attached hydrogens (tertiary/aromatic N) is 1. The van der Waals surface area contributed by atoms with E-state index in [1.165, 1.54) is 18.7 Å². The third-order valence-corrected chi connectivity index (χ3v) is 5.78. The van der Waals surface area contributed by atoms with E-state index < -0.39 is 47.9 Å². The van der Waals surface area contributed by atoms with Crippen LogP contribution >= 0.6 is 11.8 Å². The molecule has 3 amide bonds. The fraction of sp³-hybridized carbons (Fsp3) is 0.522. The summed E-state index contributed by atoms with van der Waals surface area (Å²) in [6, 6.07) is 5.09. The average Bonchev–Trinajstić information content (AvgIpc) is 2.83. The topological polar surface area (TPSA) is 215 Å². The van der Waals surface area contributed by atoms with Gasteiger partial charge in [-0.15, -0.1) is 0 Å². The first-order chi connectivity index (χ1) is 17.0. The average molecular weight is 524 g/mol. The van der Waals surface area contributed by atoms with Crippen molar-refractivity contribution in [2.45, 2.75) is 56.8 Å². The number of thioether (sulfide) groups is 1. The Morgan fingerprint density at radius 2 is 1.53 bits per heavy atom. The molecular weight excluding hydrogens is 486 g/mol. The summed E-state index contributed by atoms with van der Waals surface area (Å²) in [6.45, 7) is 1.72. The number of rotatable bonds is 16. The van der Waals surface area contributed by atoms with Crippen LogP contribution in [0.3, 0.4) is 0 Å². The van der Waals surface area contributed by atoms with Gasteiger partial charge in [-0.3, -0.25) is 19.4 Å². The predicted octanol–water partition coefficient (Wildman–Crippen LogP) is -1.08. The van der Waals surface area contributed by atoms with E-state index in [1.54, 1.807) is 0 Å². The first-order valence-corrected chi connectivity index (χ1v) is 12.9. The van der Waals surface area contributed by atoms with E-state index in [1.807, 2.05) is 36.6 Å². The van der Waals surface area contributed by atoms with Crippen molar-refractivity contribution in [2.24, 2.45) is 22.2 Å². The SMILES string of the molecule is CSCCC(NC(=O)C(Cc1ccccc1)NC(=O)C(C)N)C(=O)NC(CCCN=C(N)N)C(=O)O. The van der Waals surface area contributed by atoms with Crippen LogP contribution in [0.5, 0.6) is 0 Å². The number of hydrogen-bond acceptors (Lipinski definition) is 7. The summed E-state index contributed by atoms with van der Waals surface area (Å²) in [7, 11) is 0. The molecule has 0 heterocycles. The Morgan fingerprint density at radius 1 is 0.944 bits per heavy atom. The van der Waals surface area contributed by atoms with Crippen molar-refractivity contribution in [3.05, 3.63) is 35.9 Å². The van der Waals surface area contributed by atoms with Gasteiger partial charge < -0.3 is 38.3 Å². The van der Waals surface area contributed by atoms with Crippen molar-refractivity contribution < 1.29 is 24.3 Å². The lowest BCUT2D eigenvalue weighted by molar-refractivity contribution is -0.142. The van der Waals surface area contributed by atoms with E-state index in [0.29, 0.717) is 12.2 Å². The molecule has 1 aromatic rings. The molecule has 1 aromatic carbocycles. The van der Waals surface area contributed by atoms with E-state index >= 15 is 0 Å². The van der Waals surface area contributed by atoms with Gasteiger partial charge >= 0.3 is 5.97 Å². The van der Waals surface area contributed by atoms with Gasteiger partial charge in [0.25, 0.3) is 0 Å². The van der Waals surface area contributed by atoms with E-state index in [2.05, 4.69) is 20.9 Å². The first kappa shape index (κ1) is 30.7. The summed E-state index contributed by atoms with van der Waals surface area (Å²) in [4.78, 5) is 53.9. The number of benzene rings is 1. The smallest absolute Gasteiger partial charge is 0.326 e. The number of nitrogens with one attached hydrogen (secondary N) is 3. The van der Waals surface area contributed by atoms with Crippen LogP contribution in [0.4, 0.5) is 0 Å². The quantitative estimate of drug-likeness (QED) is 0.0795. The van der Waals surface area contributed by atoms with Crippen molar-refractivity contribution in [2.75, 3.05) is 18.6 Å². The minimum Gasteiger partial charge on any atom is -0.480 e. The van der Waals surface area contributed by atoms with Crippen LogP contribution in [-0.2, 0) is 25.6 Å². The number of carboxylic acids is 1. The third kappa shape index (κ3) is 11.9. The highest BCUT2D eigenvalue weighted by molar-refractivity contribution is 7.98. The van der Waals surface area contributed by atoms with Crippen molar-refractivity contribution >= 4 is 41.4 Å². The molecule has 0 bridgehead atoms. The lowest BCUT2D eigenvalue weighted by Gasteiger charge is -2.25. The minimum absolute atomic E-state index is 0.0993. The molecular formula is C23H37N7O5S. The van der Waals surface area contributed by atoms with Crippen molar-refractivity contribution in [1.82, 2.24) is 16.0 Å². The second-order valence-corrected chi connectivity index (χ2v) is 9.22. The molecule has 0 aliphatic carbocycles. The standard InChI is InChI=1S/C23H37N7O5S/c1-14(24)19(31)30-18(13-15-7-4-3-5-8-15)21(33)28-16(10-12-36-2)20(32)29-17(22(34)35)9-6-11-27-23(25)26/h3-5,7-8,14,16-18H,6,9-13,24H2,1-2H3,(H,28,33)(H,29,32)(H,30,31)(H,34,35)(H4,25,26,27). The second kappa shape index (κ2) is 16.4. The number of carbonyl (C=O) groups is 4. The molecule has 4 unspecified atom stereocenters. The van der Waals surface area contributed by atoms with Crippen molar-refractivity contribution in [3.63, 3.8) is 0 Å². The largest absolute Gasteiger partial charge is 0.480 e. The number of aliphatic carboxylic acids is 1. The normalized spacial score (nSPS) is 14.0. The van der Waals surface area contributed by atoms with Crippen LogP contribution in [0.2, 0.25) is 0 Å². The van der Waals surface area contributed by atoms with Gasteiger partial charge in [0.2, 0.25) is 17.7 Å². The van der Waals surface area contributed by atoms with Gasteiger partial charge in [-0.05, 0) is 43.8 Å². The van der Waals surface area contributed by atoms with Crippen LogP contribution in [-0.4, -0.2) is 77.5 Å². The molecule has 4 atom stereocenters. The summed E-state index contributed by atoms with van der Waals surface area (Å²) in [5, 5.41) is 17.3. The lowest BCUT2D eigenvalue weighted by Crippen LogP contribution is -2.57. The van der Waals surface area contributed by atoms with E-state index in [0.717, 1.165) is 5.56 Å². The molecule has 0 radical (unpaired) electrons.